The summed E-state index contributed by atoms with van der Waals surface area (Å²) in [5, 5.41) is 3.46. The molecule has 136 valence electrons. The summed E-state index contributed by atoms with van der Waals surface area (Å²) >= 11 is 0. The van der Waals surface area contributed by atoms with E-state index in [9.17, 15) is 0 Å². The highest BCUT2D eigenvalue weighted by atomic mass is 15.3. The fourth-order valence-corrected chi connectivity index (χ4v) is 3.02. The number of aromatic nitrogens is 2. The van der Waals surface area contributed by atoms with Crippen LogP contribution in [-0.2, 0) is 13.1 Å². The molecule has 0 aliphatic carbocycles. The van der Waals surface area contributed by atoms with Crippen LogP contribution < -0.4 is 5.32 Å². The van der Waals surface area contributed by atoms with E-state index >= 15 is 0 Å². The van der Waals surface area contributed by atoms with Gasteiger partial charge in [-0.1, -0.05) is 42.5 Å². The number of hydrogen-bond donors (Lipinski definition) is 1. The molecule has 5 nitrogen and oxygen atoms in total. The molecule has 0 aliphatic heterocycles. The van der Waals surface area contributed by atoms with Gasteiger partial charge in [0.1, 0.15) is 5.82 Å². The predicted octanol–water partition coefficient (Wildman–Crippen LogP) is 3.44. The van der Waals surface area contributed by atoms with Crippen molar-refractivity contribution >= 4 is 17.0 Å². The molecule has 0 saturated heterocycles. The summed E-state index contributed by atoms with van der Waals surface area (Å²) in [5.74, 6) is 1.98. The van der Waals surface area contributed by atoms with Crippen LogP contribution in [0.5, 0.6) is 0 Å². The van der Waals surface area contributed by atoms with Crippen molar-refractivity contribution in [3.8, 4) is 0 Å². The van der Waals surface area contributed by atoms with Gasteiger partial charge >= 0.3 is 0 Å². The number of fused-ring (bicyclic) bond motifs is 1. The molecule has 0 radical (unpaired) electrons. The molecule has 0 spiro atoms. The zero-order valence-corrected chi connectivity index (χ0v) is 15.8. The van der Waals surface area contributed by atoms with Gasteiger partial charge in [0.05, 0.1) is 17.6 Å². The zero-order valence-electron chi connectivity index (χ0n) is 15.8. The molecule has 0 amide bonds. The van der Waals surface area contributed by atoms with Crippen LogP contribution in [-0.4, -0.2) is 41.1 Å². The Bertz CT molecular complexity index is 864. The molecular weight excluding hydrogens is 322 g/mol. The number of aliphatic imine (C=N–C) groups is 1. The molecule has 0 fully saturated rings. The largest absolute Gasteiger partial charge is 0.356 e. The van der Waals surface area contributed by atoms with E-state index in [0.717, 1.165) is 36.8 Å². The molecule has 26 heavy (non-hydrogen) atoms. The van der Waals surface area contributed by atoms with E-state index < -0.39 is 0 Å². The van der Waals surface area contributed by atoms with Crippen LogP contribution in [0.2, 0.25) is 0 Å². The van der Waals surface area contributed by atoms with Gasteiger partial charge < -0.3 is 14.8 Å². The van der Waals surface area contributed by atoms with Crippen molar-refractivity contribution in [3.63, 3.8) is 0 Å². The second kappa shape index (κ2) is 8.52. The van der Waals surface area contributed by atoms with Crippen molar-refractivity contribution in [3.05, 3.63) is 66.0 Å². The van der Waals surface area contributed by atoms with Crippen molar-refractivity contribution in [2.45, 2.75) is 26.4 Å². The highest BCUT2D eigenvalue weighted by Gasteiger charge is 2.06. The second-order valence-corrected chi connectivity index (χ2v) is 6.60. The Morgan fingerprint density at radius 1 is 1.08 bits per heavy atom. The van der Waals surface area contributed by atoms with Crippen LogP contribution in [0.4, 0.5) is 0 Å². The van der Waals surface area contributed by atoms with E-state index in [1.54, 1.807) is 0 Å². The first kappa shape index (κ1) is 18.0. The van der Waals surface area contributed by atoms with Crippen molar-refractivity contribution in [2.24, 2.45) is 4.99 Å². The summed E-state index contributed by atoms with van der Waals surface area (Å²) in [7, 11) is 4.04. The Labute approximate surface area is 155 Å². The smallest absolute Gasteiger partial charge is 0.193 e. The minimum absolute atomic E-state index is 0.687. The Balaban J connectivity index is 1.56. The monoisotopic (exact) mass is 349 g/mol. The minimum Gasteiger partial charge on any atom is -0.356 e. The van der Waals surface area contributed by atoms with Crippen molar-refractivity contribution in [2.75, 3.05) is 20.6 Å². The molecule has 1 heterocycles. The third kappa shape index (κ3) is 4.42. The molecule has 2 aromatic carbocycles. The number of guanidine groups is 1. The number of imidazole rings is 1. The van der Waals surface area contributed by atoms with Crippen molar-refractivity contribution in [1.29, 1.82) is 0 Å². The van der Waals surface area contributed by atoms with E-state index in [0.29, 0.717) is 6.54 Å². The highest BCUT2D eigenvalue weighted by Crippen LogP contribution is 2.15. The number of nitrogens with one attached hydrogen (secondary N) is 1. The zero-order chi connectivity index (χ0) is 18.4. The lowest BCUT2D eigenvalue weighted by Gasteiger charge is -2.18. The summed E-state index contributed by atoms with van der Waals surface area (Å²) < 4.78 is 2.29. The summed E-state index contributed by atoms with van der Waals surface area (Å²) in [6.45, 7) is 4.57. The molecule has 0 saturated carbocycles. The molecule has 5 heteroatoms. The van der Waals surface area contributed by atoms with Gasteiger partial charge in [0.15, 0.2) is 5.96 Å². The van der Waals surface area contributed by atoms with Crippen LogP contribution in [0.25, 0.3) is 11.0 Å². The number of benzene rings is 2. The number of rotatable bonds is 6. The minimum atomic E-state index is 0.687. The number of hydrogen-bond acceptors (Lipinski definition) is 2. The van der Waals surface area contributed by atoms with E-state index in [-0.39, 0.29) is 0 Å². The van der Waals surface area contributed by atoms with Gasteiger partial charge in [-0.2, -0.15) is 0 Å². The maximum atomic E-state index is 4.71. The Hall–Kier alpha value is -2.82. The Kier molecular flexibility index (Phi) is 5.89. The molecule has 0 aliphatic rings. The standard InChI is InChI=1S/C21H27N5/c1-17-24-19-12-7-8-13-20(19)26(17)15-9-14-22-21(25(2)3)23-16-18-10-5-4-6-11-18/h4-8,10-13H,9,14-16H2,1-3H3,(H,22,23). The number of nitrogens with zero attached hydrogens (tertiary/aromatic N) is 4. The molecule has 1 aromatic heterocycles. The summed E-state index contributed by atoms with van der Waals surface area (Å²) in [5.41, 5.74) is 3.49. The van der Waals surface area contributed by atoms with E-state index in [4.69, 9.17) is 4.99 Å². The molecule has 0 atom stereocenters. The lowest BCUT2D eigenvalue weighted by Crippen LogP contribution is -2.37. The molecule has 0 unspecified atom stereocenters. The van der Waals surface area contributed by atoms with Crippen LogP contribution in [0.3, 0.4) is 0 Å². The van der Waals surface area contributed by atoms with Gasteiger partial charge in [0, 0.05) is 27.2 Å². The van der Waals surface area contributed by atoms with Crippen LogP contribution in [0, 0.1) is 6.92 Å². The fourth-order valence-electron chi connectivity index (χ4n) is 3.02. The third-order valence-corrected chi connectivity index (χ3v) is 4.36. The average molecular weight is 349 g/mol. The van der Waals surface area contributed by atoms with Gasteiger partial charge in [-0.05, 0) is 31.0 Å². The van der Waals surface area contributed by atoms with Gasteiger partial charge in [-0.15, -0.1) is 0 Å². The Morgan fingerprint density at radius 2 is 1.81 bits per heavy atom. The first-order chi connectivity index (χ1) is 12.6. The summed E-state index contributed by atoms with van der Waals surface area (Å²) in [6, 6.07) is 18.6. The SMILES string of the molecule is Cc1nc2ccccc2n1CCCNC(=NCc1ccccc1)N(C)C. The molecule has 0 bridgehead atoms. The fraction of sp³-hybridized carbons (Fsp3) is 0.333. The van der Waals surface area contributed by atoms with Gasteiger partial charge in [-0.3, -0.25) is 0 Å². The Morgan fingerprint density at radius 3 is 2.58 bits per heavy atom. The highest BCUT2D eigenvalue weighted by molar-refractivity contribution is 5.79. The first-order valence-corrected chi connectivity index (χ1v) is 9.06. The third-order valence-electron chi connectivity index (χ3n) is 4.36. The topological polar surface area (TPSA) is 45.5 Å². The van der Waals surface area contributed by atoms with E-state index in [1.807, 2.05) is 43.3 Å². The second-order valence-electron chi connectivity index (χ2n) is 6.60. The van der Waals surface area contributed by atoms with Gasteiger partial charge in [0.2, 0.25) is 0 Å². The molecule has 3 aromatic rings. The quantitative estimate of drug-likeness (QED) is 0.421. The maximum absolute atomic E-state index is 4.71. The first-order valence-electron chi connectivity index (χ1n) is 9.06. The normalized spacial score (nSPS) is 11.7. The predicted molar refractivity (Wildman–Crippen MR) is 108 cm³/mol. The van der Waals surface area contributed by atoms with E-state index in [2.05, 4.69) is 52.1 Å². The van der Waals surface area contributed by atoms with Crippen LogP contribution in [0.15, 0.2) is 59.6 Å². The van der Waals surface area contributed by atoms with Crippen LogP contribution >= 0.6 is 0 Å². The maximum Gasteiger partial charge on any atom is 0.193 e. The summed E-state index contributed by atoms with van der Waals surface area (Å²) in [6.07, 6.45) is 1.01. The number of aryl methyl sites for hydroxylation is 2. The van der Waals surface area contributed by atoms with E-state index in [1.165, 1.54) is 11.1 Å². The lowest BCUT2D eigenvalue weighted by atomic mass is 10.2. The van der Waals surface area contributed by atoms with Gasteiger partial charge in [-0.25, -0.2) is 9.98 Å². The molecular formula is C21H27N5. The summed E-state index contributed by atoms with van der Waals surface area (Å²) in [4.78, 5) is 11.4. The van der Waals surface area contributed by atoms with Crippen molar-refractivity contribution < 1.29 is 0 Å². The van der Waals surface area contributed by atoms with Crippen molar-refractivity contribution in [1.82, 2.24) is 19.8 Å². The number of para-hydroxylation sites is 2. The average Bonchev–Trinajstić information content (AvgIpc) is 2.97. The molecule has 1 N–H and O–H groups in total. The lowest BCUT2D eigenvalue weighted by molar-refractivity contribution is 0.560. The van der Waals surface area contributed by atoms with Crippen LogP contribution in [0.1, 0.15) is 17.8 Å². The van der Waals surface area contributed by atoms with Gasteiger partial charge in [0.25, 0.3) is 0 Å². The molecule has 3 rings (SSSR count).